The molecule has 1 saturated heterocycles. The number of aliphatic hydroxyl groups excluding tert-OH is 1. The lowest BCUT2D eigenvalue weighted by Crippen LogP contribution is -2.49. The van der Waals surface area contributed by atoms with E-state index in [-0.39, 0.29) is 18.3 Å². The molecule has 21 heavy (non-hydrogen) atoms. The summed E-state index contributed by atoms with van der Waals surface area (Å²) < 4.78 is 25.9. The van der Waals surface area contributed by atoms with Crippen molar-refractivity contribution in [3.05, 3.63) is 29.8 Å². The summed E-state index contributed by atoms with van der Waals surface area (Å²) in [5.74, 6) is -1.57. The van der Waals surface area contributed by atoms with Gasteiger partial charge in [-0.1, -0.05) is 0 Å². The molecule has 0 aromatic heterocycles. The fourth-order valence-electron chi connectivity index (χ4n) is 2.17. The van der Waals surface area contributed by atoms with Crippen molar-refractivity contribution in [3.63, 3.8) is 0 Å². The maximum atomic E-state index is 13.1. The highest BCUT2D eigenvalue weighted by molar-refractivity contribution is 8.00. The van der Waals surface area contributed by atoms with E-state index in [2.05, 4.69) is 4.90 Å². The minimum absolute atomic E-state index is 0.00613. The van der Waals surface area contributed by atoms with Gasteiger partial charge in [-0.25, -0.2) is 8.78 Å². The molecular weight excluding hydrogens is 298 g/mol. The summed E-state index contributed by atoms with van der Waals surface area (Å²) in [6, 6.07) is 3.64. The summed E-state index contributed by atoms with van der Waals surface area (Å²) in [4.78, 5) is 16.5. The molecule has 1 aromatic rings. The summed E-state index contributed by atoms with van der Waals surface area (Å²) in [6.45, 7) is 3.53. The van der Waals surface area contributed by atoms with E-state index < -0.39 is 11.6 Å². The van der Waals surface area contributed by atoms with Gasteiger partial charge in [0.05, 0.1) is 12.4 Å². The molecule has 116 valence electrons. The van der Waals surface area contributed by atoms with Crippen molar-refractivity contribution in [2.75, 3.05) is 45.1 Å². The summed E-state index contributed by atoms with van der Waals surface area (Å²) in [5, 5.41) is 8.86. The molecule has 1 amide bonds. The molecule has 0 radical (unpaired) electrons. The van der Waals surface area contributed by atoms with Crippen LogP contribution in [-0.4, -0.2) is 65.9 Å². The topological polar surface area (TPSA) is 43.8 Å². The lowest BCUT2D eigenvalue weighted by atomic mass is 10.3. The maximum absolute atomic E-state index is 13.1. The normalized spacial score (nSPS) is 16.2. The van der Waals surface area contributed by atoms with Gasteiger partial charge in [0.1, 0.15) is 0 Å². The number of thioether (sulfide) groups is 1. The average Bonchev–Trinajstić information content (AvgIpc) is 2.49. The third-order valence-corrected chi connectivity index (χ3v) is 4.37. The largest absolute Gasteiger partial charge is 0.395 e. The average molecular weight is 316 g/mol. The summed E-state index contributed by atoms with van der Waals surface area (Å²) in [6.07, 6.45) is 0. The van der Waals surface area contributed by atoms with Crippen LogP contribution in [0.2, 0.25) is 0 Å². The second-order valence-electron chi connectivity index (χ2n) is 4.81. The molecule has 0 unspecified atom stereocenters. The van der Waals surface area contributed by atoms with Gasteiger partial charge in [0, 0.05) is 37.6 Å². The lowest BCUT2D eigenvalue weighted by molar-refractivity contribution is -0.130. The van der Waals surface area contributed by atoms with E-state index in [1.54, 1.807) is 4.90 Å². The number of rotatable bonds is 5. The molecule has 1 aromatic carbocycles. The maximum Gasteiger partial charge on any atom is 0.233 e. The van der Waals surface area contributed by atoms with E-state index in [0.29, 0.717) is 24.5 Å². The zero-order chi connectivity index (χ0) is 15.2. The van der Waals surface area contributed by atoms with Gasteiger partial charge in [-0.3, -0.25) is 9.69 Å². The van der Waals surface area contributed by atoms with Crippen LogP contribution in [-0.2, 0) is 4.79 Å². The predicted molar refractivity (Wildman–Crippen MR) is 77.2 cm³/mol. The van der Waals surface area contributed by atoms with Crippen molar-refractivity contribution < 1.29 is 18.7 Å². The Kier molecular flexibility index (Phi) is 5.96. The molecule has 7 heteroatoms. The number of piperazine rings is 1. The molecule has 0 aliphatic carbocycles. The van der Waals surface area contributed by atoms with Gasteiger partial charge < -0.3 is 10.0 Å². The minimum atomic E-state index is -0.898. The van der Waals surface area contributed by atoms with Gasteiger partial charge in [0.2, 0.25) is 5.91 Å². The minimum Gasteiger partial charge on any atom is -0.395 e. The van der Waals surface area contributed by atoms with Crippen LogP contribution >= 0.6 is 11.8 Å². The third kappa shape index (κ3) is 4.66. The zero-order valence-electron chi connectivity index (χ0n) is 11.6. The van der Waals surface area contributed by atoms with Crippen molar-refractivity contribution in [1.82, 2.24) is 9.80 Å². The molecular formula is C14H18F2N2O2S. The number of halogens is 2. The van der Waals surface area contributed by atoms with E-state index in [1.807, 2.05) is 0 Å². The number of amides is 1. The van der Waals surface area contributed by atoms with Gasteiger partial charge in [-0.2, -0.15) is 0 Å². The highest BCUT2D eigenvalue weighted by Crippen LogP contribution is 2.21. The van der Waals surface area contributed by atoms with Crippen LogP contribution in [0.5, 0.6) is 0 Å². The number of carbonyl (C=O) groups is 1. The van der Waals surface area contributed by atoms with Crippen LogP contribution < -0.4 is 0 Å². The van der Waals surface area contributed by atoms with E-state index in [0.717, 1.165) is 25.2 Å². The van der Waals surface area contributed by atoms with Gasteiger partial charge in [-0.05, 0) is 18.2 Å². The van der Waals surface area contributed by atoms with Gasteiger partial charge in [-0.15, -0.1) is 11.8 Å². The van der Waals surface area contributed by atoms with Crippen molar-refractivity contribution in [2.24, 2.45) is 0 Å². The van der Waals surface area contributed by atoms with Crippen LogP contribution in [0.25, 0.3) is 0 Å². The number of aliphatic hydroxyl groups is 1. The molecule has 4 nitrogen and oxygen atoms in total. The van der Waals surface area contributed by atoms with Crippen LogP contribution in [0.1, 0.15) is 0 Å². The second kappa shape index (κ2) is 7.72. The molecule has 1 N–H and O–H groups in total. The van der Waals surface area contributed by atoms with Crippen molar-refractivity contribution >= 4 is 17.7 Å². The highest BCUT2D eigenvalue weighted by Gasteiger charge is 2.20. The first kappa shape index (κ1) is 16.2. The van der Waals surface area contributed by atoms with Gasteiger partial charge in [0.25, 0.3) is 0 Å². The zero-order valence-corrected chi connectivity index (χ0v) is 12.4. The van der Waals surface area contributed by atoms with Crippen molar-refractivity contribution in [1.29, 1.82) is 0 Å². The summed E-state index contributed by atoms with van der Waals surface area (Å²) >= 11 is 1.20. The highest BCUT2D eigenvalue weighted by atomic mass is 32.2. The van der Waals surface area contributed by atoms with Crippen LogP contribution in [0.3, 0.4) is 0 Å². The van der Waals surface area contributed by atoms with E-state index in [9.17, 15) is 13.6 Å². The first-order valence-corrected chi connectivity index (χ1v) is 7.77. The summed E-state index contributed by atoms with van der Waals surface area (Å²) in [7, 11) is 0. The molecule has 0 spiro atoms. The van der Waals surface area contributed by atoms with Crippen molar-refractivity contribution in [3.8, 4) is 0 Å². The molecule has 1 aliphatic heterocycles. The molecule has 0 atom stereocenters. The van der Waals surface area contributed by atoms with E-state index >= 15 is 0 Å². The molecule has 1 fully saturated rings. The smallest absolute Gasteiger partial charge is 0.233 e. The SMILES string of the molecule is O=C(CSc1ccc(F)c(F)c1)N1CCN(CCO)CC1. The van der Waals surface area contributed by atoms with Crippen LogP contribution in [0, 0.1) is 11.6 Å². The Balaban J connectivity index is 1.78. The number of β-amino-alcohol motifs (C(OH)–C–C–N with tert-alkyl or cyclic N) is 1. The summed E-state index contributed by atoms with van der Waals surface area (Å²) in [5.41, 5.74) is 0. The van der Waals surface area contributed by atoms with Gasteiger partial charge in [0.15, 0.2) is 11.6 Å². The number of hydrogen-bond donors (Lipinski definition) is 1. The number of hydrogen-bond acceptors (Lipinski definition) is 4. The molecule has 1 aliphatic rings. The number of carbonyl (C=O) groups excluding carboxylic acids is 1. The molecule has 0 bridgehead atoms. The van der Waals surface area contributed by atoms with Crippen LogP contribution in [0.15, 0.2) is 23.1 Å². The van der Waals surface area contributed by atoms with E-state index in [4.69, 9.17) is 5.11 Å². The Bertz CT molecular complexity index is 494. The first-order valence-electron chi connectivity index (χ1n) is 6.79. The number of nitrogens with zero attached hydrogens (tertiary/aromatic N) is 2. The van der Waals surface area contributed by atoms with Gasteiger partial charge >= 0.3 is 0 Å². The Morgan fingerprint density at radius 2 is 1.90 bits per heavy atom. The fraction of sp³-hybridized carbons (Fsp3) is 0.500. The molecule has 1 heterocycles. The monoisotopic (exact) mass is 316 g/mol. The second-order valence-corrected chi connectivity index (χ2v) is 5.86. The quantitative estimate of drug-likeness (QED) is 0.829. The standard InChI is InChI=1S/C14H18F2N2O2S/c15-12-2-1-11(9-13(12)16)21-10-14(20)18-5-3-17(4-6-18)7-8-19/h1-2,9,19H,3-8,10H2. The Morgan fingerprint density at radius 3 is 2.52 bits per heavy atom. The Labute approximate surface area is 126 Å². The van der Waals surface area contributed by atoms with E-state index in [1.165, 1.54) is 17.8 Å². The fourth-order valence-corrected chi connectivity index (χ4v) is 2.99. The predicted octanol–water partition coefficient (Wildman–Crippen LogP) is 1.19. The molecule has 2 rings (SSSR count). The number of benzene rings is 1. The Morgan fingerprint density at radius 1 is 1.19 bits per heavy atom. The third-order valence-electron chi connectivity index (χ3n) is 3.39. The van der Waals surface area contributed by atoms with Crippen LogP contribution in [0.4, 0.5) is 8.78 Å². The van der Waals surface area contributed by atoms with Crippen molar-refractivity contribution in [2.45, 2.75) is 4.90 Å². The lowest BCUT2D eigenvalue weighted by Gasteiger charge is -2.34. The Hall–Kier alpha value is -1.18. The molecule has 0 saturated carbocycles. The first-order chi connectivity index (χ1) is 10.1.